The minimum atomic E-state index is -0.513. The maximum absolute atomic E-state index is 14.4. The summed E-state index contributed by atoms with van der Waals surface area (Å²) in [5.74, 6) is -0.357. The Labute approximate surface area is 182 Å². The molecule has 2 aromatic carbocycles. The van der Waals surface area contributed by atoms with Gasteiger partial charge in [-0.25, -0.2) is 9.37 Å². The second-order valence-electron chi connectivity index (χ2n) is 7.62. The Morgan fingerprint density at radius 1 is 1.31 bits per heavy atom. The van der Waals surface area contributed by atoms with Gasteiger partial charge in [0.2, 0.25) is 0 Å². The highest BCUT2D eigenvalue weighted by Gasteiger charge is 2.21. The van der Waals surface area contributed by atoms with Crippen LogP contribution in [-0.2, 0) is 7.05 Å². The Kier molecular flexibility index (Phi) is 5.06. The van der Waals surface area contributed by atoms with Gasteiger partial charge in [-0.15, -0.1) is 0 Å². The zero-order valence-electron chi connectivity index (χ0n) is 17.6. The average Bonchev–Trinajstić information content (AvgIpc) is 3.42. The monoisotopic (exact) mass is 436 g/mol. The minimum Gasteiger partial charge on any atom is -0.488 e. The van der Waals surface area contributed by atoms with Crippen molar-refractivity contribution < 1.29 is 18.7 Å². The van der Waals surface area contributed by atoms with E-state index in [1.165, 1.54) is 17.9 Å². The smallest absolute Gasteiger partial charge is 0.316 e. The van der Waals surface area contributed by atoms with Gasteiger partial charge in [0.05, 0.1) is 23.6 Å². The molecule has 1 amide bonds. The molecule has 1 atom stereocenters. The van der Waals surface area contributed by atoms with E-state index in [4.69, 9.17) is 9.47 Å². The molecule has 4 aromatic rings. The highest BCUT2D eigenvalue weighted by molar-refractivity contribution is 6.13. The first kappa shape index (κ1) is 20.1. The molecule has 0 bridgehead atoms. The number of aromatic nitrogens is 4. The van der Waals surface area contributed by atoms with Crippen LogP contribution in [0.3, 0.4) is 0 Å². The molecule has 1 aliphatic rings. The highest BCUT2D eigenvalue weighted by Crippen LogP contribution is 2.30. The highest BCUT2D eigenvalue weighted by atomic mass is 19.1. The molecule has 3 heterocycles. The van der Waals surface area contributed by atoms with Crippen LogP contribution in [0.15, 0.2) is 36.7 Å². The van der Waals surface area contributed by atoms with Gasteiger partial charge in [0.1, 0.15) is 17.4 Å². The summed E-state index contributed by atoms with van der Waals surface area (Å²) in [6.07, 6.45) is 4.19. The van der Waals surface area contributed by atoms with Crippen LogP contribution in [0.4, 0.5) is 10.1 Å². The molecule has 0 spiro atoms. The number of hydrogen-bond donors (Lipinski definition) is 2. The Hall–Kier alpha value is -3.79. The molecule has 10 heteroatoms. The third-order valence-electron chi connectivity index (χ3n) is 5.36. The summed E-state index contributed by atoms with van der Waals surface area (Å²) >= 11 is 0. The first-order valence-corrected chi connectivity index (χ1v) is 10.2. The molecule has 0 aliphatic carbocycles. The van der Waals surface area contributed by atoms with Crippen molar-refractivity contribution in [2.75, 3.05) is 25.5 Å². The molecular weight excluding hydrogens is 415 g/mol. The van der Waals surface area contributed by atoms with Gasteiger partial charge < -0.3 is 20.1 Å². The van der Waals surface area contributed by atoms with E-state index in [2.05, 4.69) is 25.7 Å². The number of amides is 1. The Bertz CT molecular complexity index is 1330. The Morgan fingerprint density at radius 2 is 2.19 bits per heavy atom. The maximum Gasteiger partial charge on any atom is 0.316 e. The molecule has 1 fully saturated rings. The van der Waals surface area contributed by atoms with Crippen molar-refractivity contribution in [3.63, 3.8) is 0 Å². The van der Waals surface area contributed by atoms with Gasteiger partial charge in [-0.3, -0.25) is 9.48 Å². The number of ether oxygens (including phenoxy) is 2. The van der Waals surface area contributed by atoms with E-state index in [1.54, 1.807) is 37.6 Å². The molecule has 164 valence electrons. The van der Waals surface area contributed by atoms with Crippen LogP contribution in [0, 0.1) is 5.82 Å². The number of nitrogens with zero attached hydrogens (tertiary/aromatic N) is 4. The molecular formula is C22H21FN6O3. The van der Waals surface area contributed by atoms with Crippen LogP contribution >= 0.6 is 0 Å². The van der Waals surface area contributed by atoms with E-state index in [1.807, 2.05) is 0 Å². The van der Waals surface area contributed by atoms with Crippen LogP contribution in [0.2, 0.25) is 0 Å². The van der Waals surface area contributed by atoms with Crippen molar-refractivity contribution in [3.05, 3.63) is 48.0 Å². The molecule has 0 radical (unpaired) electrons. The van der Waals surface area contributed by atoms with Crippen molar-refractivity contribution in [1.82, 2.24) is 25.1 Å². The normalized spacial score (nSPS) is 15.9. The summed E-state index contributed by atoms with van der Waals surface area (Å²) in [5.41, 5.74) is 1.25. The number of halogens is 1. The number of anilines is 1. The summed E-state index contributed by atoms with van der Waals surface area (Å²) in [6.45, 7) is 1.65. The fraction of sp³-hybridized carbons (Fsp3) is 0.273. The van der Waals surface area contributed by atoms with Gasteiger partial charge in [0, 0.05) is 37.1 Å². The summed E-state index contributed by atoms with van der Waals surface area (Å²) in [4.78, 5) is 21.7. The van der Waals surface area contributed by atoms with Gasteiger partial charge in [-0.2, -0.15) is 10.1 Å². The number of fused-ring (bicyclic) bond motifs is 2. The lowest BCUT2D eigenvalue weighted by Crippen LogP contribution is -2.20. The lowest BCUT2D eigenvalue weighted by molar-refractivity contribution is 0.102. The number of rotatable bonds is 5. The van der Waals surface area contributed by atoms with Crippen molar-refractivity contribution >= 4 is 33.4 Å². The predicted molar refractivity (Wildman–Crippen MR) is 117 cm³/mol. The van der Waals surface area contributed by atoms with Crippen LogP contribution in [0.5, 0.6) is 11.8 Å². The van der Waals surface area contributed by atoms with E-state index < -0.39 is 11.7 Å². The molecule has 2 N–H and O–H groups in total. The van der Waals surface area contributed by atoms with Gasteiger partial charge in [-0.1, -0.05) is 0 Å². The van der Waals surface area contributed by atoms with E-state index in [0.717, 1.165) is 19.5 Å². The van der Waals surface area contributed by atoms with Crippen LogP contribution in [0.25, 0.3) is 21.8 Å². The zero-order chi connectivity index (χ0) is 22.2. The summed E-state index contributed by atoms with van der Waals surface area (Å²) in [6, 6.07) is 6.42. The average molecular weight is 436 g/mol. The number of nitrogens with one attached hydrogen (secondary N) is 2. The van der Waals surface area contributed by atoms with Crippen molar-refractivity contribution in [3.8, 4) is 11.8 Å². The third-order valence-corrected chi connectivity index (χ3v) is 5.36. The van der Waals surface area contributed by atoms with Gasteiger partial charge in [0.25, 0.3) is 5.91 Å². The van der Waals surface area contributed by atoms with E-state index >= 15 is 0 Å². The lowest BCUT2D eigenvalue weighted by Gasteiger charge is -2.16. The zero-order valence-corrected chi connectivity index (χ0v) is 17.6. The molecule has 2 aromatic heterocycles. The Morgan fingerprint density at radius 3 is 2.97 bits per heavy atom. The molecule has 0 unspecified atom stereocenters. The lowest BCUT2D eigenvalue weighted by atomic mass is 10.1. The van der Waals surface area contributed by atoms with Crippen LogP contribution in [0.1, 0.15) is 16.8 Å². The van der Waals surface area contributed by atoms with Gasteiger partial charge in [-0.05, 0) is 37.2 Å². The van der Waals surface area contributed by atoms with E-state index in [9.17, 15) is 9.18 Å². The molecule has 9 nitrogen and oxygen atoms in total. The first-order chi connectivity index (χ1) is 15.5. The number of benzene rings is 2. The second-order valence-corrected chi connectivity index (χ2v) is 7.62. The number of methoxy groups -OCH3 is 1. The summed E-state index contributed by atoms with van der Waals surface area (Å²) in [5, 5.41) is 11.3. The van der Waals surface area contributed by atoms with Crippen LogP contribution in [-0.4, -0.2) is 52.0 Å². The Balaban J connectivity index is 1.51. The quantitative estimate of drug-likeness (QED) is 0.496. The third kappa shape index (κ3) is 3.69. The summed E-state index contributed by atoms with van der Waals surface area (Å²) < 4.78 is 27.2. The molecule has 1 aliphatic heterocycles. The van der Waals surface area contributed by atoms with E-state index in [-0.39, 0.29) is 17.6 Å². The fourth-order valence-corrected chi connectivity index (χ4v) is 3.85. The molecule has 0 saturated carbocycles. The topological polar surface area (TPSA) is 103 Å². The number of aryl methyl sites for hydroxylation is 1. The second kappa shape index (κ2) is 8.04. The van der Waals surface area contributed by atoms with Gasteiger partial charge in [0.15, 0.2) is 5.82 Å². The van der Waals surface area contributed by atoms with Crippen molar-refractivity contribution in [2.45, 2.75) is 12.5 Å². The molecule has 1 saturated heterocycles. The van der Waals surface area contributed by atoms with Gasteiger partial charge >= 0.3 is 6.01 Å². The number of carbonyl (C=O) groups excluding carboxylic acids is 1. The first-order valence-electron chi connectivity index (χ1n) is 10.2. The largest absolute Gasteiger partial charge is 0.488 e. The SMILES string of the molecule is COc1ncc2c(O[C@H]3CCNC3)ccc(C(=O)Nc3cc(F)c4nn(C)cc4c3)c2n1. The summed E-state index contributed by atoms with van der Waals surface area (Å²) in [7, 11) is 3.17. The predicted octanol–water partition coefficient (Wildman–Crippen LogP) is 2.66. The fourth-order valence-electron chi connectivity index (χ4n) is 3.85. The van der Waals surface area contributed by atoms with E-state index in [0.29, 0.717) is 33.3 Å². The number of carbonyl (C=O) groups is 1. The molecule has 5 rings (SSSR count). The van der Waals surface area contributed by atoms with Crippen LogP contribution < -0.4 is 20.1 Å². The molecule has 32 heavy (non-hydrogen) atoms. The standard InChI is InChI=1S/C22H21FN6O3/c1-29-11-12-7-13(8-17(23)19(12)28-29)26-21(30)15-3-4-18(32-14-5-6-24-9-14)16-10-25-22(31-2)27-20(15)16/h3-4,7-8,10-11,14,24H,5-6,9H2,1-2H3,(H,26,30)/t14-/m0/s1. The van der Waals surface area contributed by atoms with Crippen molar-refractivity contribution in [1.29, 1.82) is 0 Å². The minimum absolute atomic E-state index is 0.0363. The maximum atomic E-state index is 14.4. The van der Waals surface area contributed by atoms with Crippen molar-refractivity contribution in [2.24, 2.45) is 7.05 Å². The number of hydrogen-bond acceptors (Lipinski definition) is 7.